The summed E-state index contributed by atoms with van der Waals surface area (Å²) < 4.78 is 0. The van der Waals surface area contributed by atoms with Crippen molar-refractivity contribution in [2.45, 2.75) is 45.8 Å². The molecule has 0 aromatic carbocycles. The van der Waals surface area contributed by atoms with Crippen LogP contribution in [0.4, 0.5) is 0 Å². The minimum Gasteiger partial charge on any atom is -0.357 e. The van der Waals surface area contributed by atoms with Gasteiger partial charge in [0, 0.05) is 43.3 Å². The summed E-state index contributed by atoms with van der Waals surface area (Å²) >= 11 is 3.50. The lowest BCUT2D eigenvalue weighted by molar-refractivity contribution is 0.198. The Hall–Kier alpha value is -0.710. The second kappa shape index (κ2) is 11.2. The van der Waals surface area contributed by atoms with Crippen LogP contribution in [0.3, 0.4) is 0 Å². The van der Waals surface area contributed by atoms with Gasteiger partial charge in [0.05, 0.1) is 6.54 Å². The first-order valence-electron chi connectivity index (χ1n) is 8.92. The van der Waals surface area contributed by atoms with Crippen molar-refractivity contribution in [1.29, 1.82) is 0 Å². The van der Waals surface area contributed by atoms with Crippen LogP contribution in [0.1, 0.15) is 35.2 Å². The van der Waals surface area contributed by atoms with Gasteiger partial charge in [-0.2, -0.15) is 11.3 Å². The number of thiazole rings is 1. The Morgan fingerprint density at radius 2 is 2.19 bits per heavy atom. The molecule has 0 spiro atoms. The average Bonchev–Trinajstić information content (AvgIpc) is 3.26. The molecule has 26 heavy (non-hydrogen) atoms. The zero-order chi connectivity index (χ0) is 17.5. The highest BCUT2D eigenvalue weighted by Gasteiger charge is 2.20. The number of guanidine groups is 1. The first-order chi connectivity index (χ1) is 12.2. The van der Waals surface area contributed by atoms with Crippen molar-refractivity contribution in [1.82, 2.24) is 20.5 Å². The summed E-state index contributed by atoms with van der Waals surface area (Å²) in [6.45, 7) is 9.06. The fourth-order valence-corrected chi connectivity index (χ4v) is 4.38. The Morgan fingerprint density at radius 1 is 1.38 bits per heavy atom. The lowest BCUT2D eigenvalue weighted by atomic mass is 10.0. The van der Waals surface area contributed by atoms with E-state index in [1.807, 2.05) is 6.20 Å². The van der Waals surface area contributed by atoms with Crippen molar-refractivity contribution in [3.8, 4) is 0 Å². The standard InChI is InChI=1S/C18H27N5S2.HI/c1-3-19-18(21-11-17-20-10-14(2)25-17)22-16-4-7-23(8-5-16)12-15-6-9-24-13-15;/h6,9-10,13,16H,3-5,7-8,11-12H2,1-2H3,(H2,19,21,22);1H. The molecule has 0 saturated carbocycles. The number of nitrogens with one attached hydrogen (secondary N) is 2. The van der Waals surface area contributed by atoms with Gasteiger partial charge in [-0.25, -0.2) is 9.98 Å². The fourth-order valence-electron chi connectivity index (χ4n) is 3.01. The Kier molecular flexibility index (Phi) is 9.30. The molecular weight excluding hydrogens is 477 g/mol. The molecule has 5 nitrogen and oxygen atoms in total. The topological polar surface area (TPSA) is 52.6 Å². The van der Waals surface area contributed by atoms with E-state index in [1.165, 1.54) is 10.4 Å². The highest BCUT2D eigenvalue weighted by atomic mass is 127. The summed E-state index contributed by atoms with van der Waals surface area (Å²) in [5.74, 6) is 0.909. The Balaban J connectivity index is 0.00000243. The van der Waals surface area contributed by atoms with Crippen molar-refractivity contribution in [3.63, 3.8) is 0 Å². The molecule has 0 amide bonds. The number of thiophene rings is 1. The molecule has 8 heteroatoms. The molecule has 0 atom stereocenters. The quantitative estimate of drug-likeness (QED) is 0.356. The van der Waals surface area contributed by atoms with E-state index in [9.17, 15) is 0 Å². The average molecular weight is 505 g/mol. The molecule has 0 aliphatic carbocycles. The number of aryl methyl sites for hydroxylation is 1. The molecule has 0 unspecified atom stereocenters. The lowest BCUT2D eigenvalue weighted by Crippen LogP contribution is -2.48. The zero-order valence-corrected chi connectivity index (χ0v) is 19.4. The number of likely N-dealkylation sites (tertiary alicyclic amines) is 1. The molecule has 2 aromatic rings. The monoisotopic (exact) mass is 505 g/mol. The predicted octanol–water partition coefficient (Wildman–Crippen LogP) is 3.85. The van der Waals surface area contributed by atoms with Crippen molar-refractivity contribution in [2.24, 2.45) is 4.99 Å². The van der Waals surface area contributed by atoms with Gasteiger partial charge in [0.1, 0.15) is 5.01 Å². The van der Waals surface area contributed by atoms with Crippen molar-refractivity contribution < 1.29 is 0 Å². The third kappa shape index (κ3) is 6.79. The van der Waals surface area contributed by atoms with E-state index >= 15 is 0 Å². The molecule has 1 aliphatic heterocycles. The Labute approximate surface area is 181 Å². The van der Waals surface area contributed by atoms with Gasteiger partial charge in [0.25, 0.3) is 0 Å². The lowest BCUT2D eigenvalue weighted by Gasteiger charge is -2.32. The van der Waals surface area contributed by atoms with Gasteiger partial charge in [0.2, 0.25) is 0 Å². The van der Waals surface area contributed by atoms with Gasteiger partial charge in [-0.3, -0.25) is 4.90 Å². The van der Waals surface area contributed by atoms with E-state index < -0.39 is 0 Å². The summed E-state index contributed by atoms with van der Waals surface area (Å²) in [5.41, 5.74) is 1.44. The number of hydrogen-bond acceptors (Lipinski definition) is 5. The van der Waals surface area contributed by atoms with Crippen molar-refractivity contribution in [3.05, 3.63) is 38.5 Å². The molecule has 144 valence electrons. The molecule has 3 heterocycles. The van der Waals surface area contributed by atoms with Crippen molar-refractivity contribution >= 4 is 52.6 Å². The minimum absolute atomic E-state index is 0. The van der Waals surface area contributed by atoms with E-state index in [1.54, 1.807) is 22.7 Å². The first kappa shape index (κ1) is 21.6. The van der Waals surface area contributed by atoms with Crippen LogP contribution in [0.2, 0.25) is 0 Å². The summed E-state index contributed by atoms with van der Waals surface area (Å²) in [7, 11) is 0. The zero-order valence-electron chi connectivity index (χ0n) is 15.4. The first-order valence-corrected chi connectivity index (χ1v) is 10.7. The summed E-state index contributed by atoms with van der Waals surface area (Å²) in [5, 5.41) is 12.4. The summed E-state index contributed by atoms with van der Waals surface area (Å²) in [6, 6.07) is 2.72. The smallest absolute Gasteiger partial charge is 0.191 e. The number of nitrogens with zero attached hydrogens (tertiary/aromatic N) is 3. The van der Waals surface area contributed by atoms with Crippen molar-refractivity contribution in [2.75, 3.05) is 19.6 Å². The number of halogens is 1. The minimum atomic E-state index is 0. The van der Waals surface area contributed by atoms with Gasteiger partial charge in [0.15, 0.2) is 5.96 Å². The predicted molar refractivity (Wildman–Crippen MR) is 123 cm³/mol. The Bertz CT molecular complexity index is 663. The van der Waals surface area contributed by atoms with Crippen LogP contribution < -0.4 is 10.6 Å². The normalized spacial score (nSPS) is 16.3. The SMILES string of the molecule is CCNC(=NCc1ncc(C)s1)NC1CCN(Cc2ccsc2)CC1.I. The number of hydrogen-bond donors (Lipinski definition) is 2. The van der Waals surface area contributed by atoms with Gasteiger partial charge in [-0.15, -0.1) is 35.3 Å². The molecule has 0 bridgehead atoms. The number of rotatable bonds is 6. The molecule has 1 saturated heterocycles. The van der Waals surface area contributed by atoms with Gasteiger partial charge in [-0.05, 0) is 49.1 Å². The van der Waals surface area contributed by atoms with Crippen LogP contribution in [-0.2, 0) is 13.1 Å². The fraction of sp³-hybridized carbons (Fsp3) is 0.556. The third-order valence-electron chi connectivity index (χ3n) is 4.30. The molecule has 2 N–H and O–H groups in total. The maximum Gasteiger partial charge on any atom is 0.191 e. The van der Waals surface area contributed by atoms with E-state index in [0.717, 1.165) is 50.0 Å². The molecule has 1 fully saturated rings. The number of aliphatic imine (C=N–C) groups is 1. The molecule has 3 rings (SSSR count). The largest absolute Gasteiger partial charge is 0.357 e. The van der Waals surface area contributed by atoms with Crippen LogP contribution in [0.25, 0.3) is 0 Å². The van der Waals surface area contributed by atoms with Gasteiger partial charge >= 0.3 is 0 Å². The Morgan fingerprint density at radius 3 is 2.81 bits per heavy atom. The molecule has 0 radical (unpaired) electrons. The van der Waals surface area contributed by atoms with E-state index in [0.29, 0.717) is 12.6 Å². The summed E-state index contributed by atoms with van der Waals surface area (Å²) in [4.78, 5) is 12.9. The van der Waals surface area contributed by atoms with Crippen LogP contribution in [-0.4, -0.2) is 41.5 Å². The molecule has 1 aliphatic rings. The van der Waals surface area contributed by atoms with E-state index in [2.05, 4.69) is 51.2 Å². The van der Waals surface area contributed by atoms with Crippen LogP contribution in [0.5, 0.6) is 0 Å². The second-order valence-corrected chi connectivity index (χ2v) is 8.49. The van der Waals surface area contributed by atoms with Crippen LogP contribution in [0.15, 0.2) is 28.0 Å². The maximum atomic E-state index is 4.70. The highest BCUT2D eigenvalue weighted by Crippen LogP contribution is 2.16. The second-order valence-electron chi connectivity index (χ2n) is 6.39. The molecular formula is C18H28IN5S2. The third-order valence-corrected chi connectivity index (χ3v) is 5.93. The van der Waals surface area contributed by atoms with E-state index in [-0.39, 0.29) is 24.0 Å². The van der Waals surface area contributed by atoms with Crippen LogP contribution in [0, 0.1) is 6.92 Å². The highest BCUT2D eigenvalue weighted by molar-refractivity contribution is 14.0. The van der Waals surface area contributed by atoms with E-state index in [4.69, 9.17) is 4.99 Å². The number of piperidine rings is 1. The summed E-state index contributed by atoms with van der Waals surface area (Å²) in [6.07, 6.45) is 4.23. The number of aromatic nitrogens is 1. The molecule has 2 aromatic heterocycles. The van der Waals surface area contributed by atoms with Gasteiger partial charge < -0.3 is 10.6 Å². The maximum absolute atomic E-state index is 4.70. The van der Waals surface area contributed by atoms with Crippen LogP contribution >= 0.6 is 46.7 Å². The van der Waals surface area contributed by atoms with Gasteiger partial charge in [-0.1, -0.05) is 0 Å².